The molecule has 0 saturated heterocycles. The van der Waals surface area contributed by atoms with Gasteiger partial charge in [-0.2, -0.15) is 0 Å². The number of rotatable bonds is 5. The highest BCUT2D eigenvalue weighted by Gasteiger charge is 2.25. The molecule has 4 N–H and O–H groups in total. The van der Waals surface area contributed by atoms with Gasteiger partial charge < -0.3 is 21.0 Å². The molecule has 0 aliphatic heterocycles. The van der Waals surface area contributed by atoms with Crippen LogP contribution in [0.3, 0.4) is 0 Å². The van der Waals surface area contributed by atoms with E-state index in [0.717, 1.165) is 6.07 Å². The van der Waals surface area contributed by atoms with E-state index < -0.39 is 17.1 Å². The Balaban J connectivity index is 2.78. The van der Waals surface area contributed by atoms with Crippen LogP contribution in [-0.4, -0.2) is 30.6 Å². The summed E-state index contributed by atoms with van der Waals surface area (Å²) in [6.07, 6.45) is 0. The van der Waals surface area contributed by atoms with Gasteiger partial charge in [-0.3, -0.25) is 4.79 Å². The number of nitrogens with zero attached hydrogens (tertiary/aromatic N) is 1. The minimum Gasteiger partial charge on any atom is -0.497 e. The van der Waals surface area contributed by atoms with E-state index in [1.807, 2.05) is 0 Å². The molecular weight excluding hydrogens is 265 g/mol. The quantitative estimate of drug-likeness (QED) is 0.329. The normalized spacial score (nSPS) is 12.1. The second-order valence-corrected chi connectivity index (χ2v) is 4.90. The van der Waals surface area contributed by atoms with E-state index in [1.165, 1.54) is 19.2 Å². The molecule has 1 amide bonds. The molecule has 0 bridgehead atoms. The summed E-state index contributed by atoms with van der Waals surface area (Å²) in [5.74, 6) is -0.948. The first-order valence-corrected chi connectivity index (χ1v) is 5.91. The van der Waals surface area contributed by atoms with Gasteiger partial charge in [-0.05, 0) is 12.1 Å². The van der Waals surface area contributed by atoms with Gasteiger partial charge >= 0.3 is 0 Å². The van der Waals surface area contributed by atoms with Crippen LogP contribution in [0.15, 0.2) is 23.4 Å². The molecule has 6 nitrogen and oxygen atoms in total. The van der Waals surface area contributed by atoms with E-state index in [-0.39, 0.29) is 17.9 Å². The molecule has 0 aliphatic carbocycles. The second kappa shape index (κ2) is 6.23. The number of carbonyl (C=O) groups is 1. The number of hydrogen-bond acceptors (Lipinski definition) is 4. The SMILES string of the molecule is COc1ccc(C(=O)NCC(C)(C)/C(N)=N/O)c(F)c1. The Bertz CT molecular complexity index is 530. The maximum absolute atomic E-state index is 13.7. The van der Waals surface area contributed by atoms with Gasteiger partial charge in [-0.25, -0.2) is 4.39 Å². The monoisotopic (exact) mass is 283 g/mol. The molecule has 110 valence electrons. The maximum atomic E-state index is 13.7. The van der Waals surface area contributed by atoms with Crippen LogP contribution in [0.1, 0.15) is 24.2 Å². The van der Waals surface area contributed by atoms with Crippen LogP contribution in [0.25, 0.3) is 0 Å². The standard InChI is InChI=1S/C13H18FN3O3/c1-13(2,12(15)17-19)7-16-11(18)9-5-4-8(20-3)6-10(9)14/h4-6,19H,7H2,1-3H3,(H2,15,17)(H,16,18). The Morgan fingerprint density at radius 1 is 1.55 bits per heavy atom. The predicted octanol–water partition coefficient (Wildman–Crippen LogP) is 1.34. The lowest BCUT2D eigenvalue weighted by atomic mass is 9.92. The Morgan fingerprint density at radius 3 is 2.70 bits per heavy atom. The molecule has 0 unspecified atom stereocenters. The third-order valence-corrected chi connectivity index (χ3v) is 2.91. The highest BCUT2D eigenvalue weighted by Crippen LogP contribution is 2.17. The topological polar surface area (TPSA) is 96.9 Å². The van der Waals surface area contributed by atoms with Gasteiger partial charge in [0.1, 0.15) is 17.4 Å². The fourth-order valence-electron chi connectivity index (χ4n) is 1.43. The number of nitrogens with two attached hydrogens (primary N) is 1. The molecule has 0 saturated carbocycles. The van der Waals surface area contributed by atoms with Crippen LogP contribution in [0.5, 0.6) is 5.75 Å². The van der Waals surface area contributed by atoms with E-state index in [4.69, 9.17) is 15.7 Å². The summed E-state index contributed by atoms with van der Waals surface area (Å²) in [5, 5.41) is 14.1. The Kier molecular flexibility index (Phi) is 4.90. The van der Waals surface area contributed by atoms with Gasteiger partial charge in [0, 0.05) is 18.0 Å². The van der Waals surface area contributed by atoms with Gasteiger partial charge in [-0.15, -0.1) is 0 Å². The summed E-state index contributed by atoms with van der Waals surface area (Å²) < 4.78 is 18.6. The smallest absolute Gasteiger partial charge is 0.254 e. The Hall–Kier alpha value is -2.31. The zero-order valence-electron chi connectivity index (χ0n) is 11.6. The molecule has 1 aromatic carbocycles. The number of ether oxygens (including phenoxy) is 1. The van der Waals surface area contributed by atoms with Crippen molar-refractivity contribution < 1.29 is 19.1 Å². The molecule has 0 radical (unpaired) electrons. The van der Waals surface area contributed by atoms with E-state index in [2.05, 4.69) is 10.5 Å². The molecule has 0 spiro atoms. The maximum Gasteiger partial charge on any atom is 0.254 e. The largest absolute Gasteiger partial charge is 0.497 e. The van der Waals surface area contributed by atoms with Crippen molar-refractivity contribution in [2.45, 2.75) is 13.8 Å². The minimum atomic E-state index is -0.743. The number of methoxy groups -OCH3 is 1. The van der Waals surface area contributed by atoms with Crippen molar-refractivity contribution in [2.24, 2.45) is 16.3 Å². The molecule has 0 fully saturated rings. The molecule has 20 heavy (non-hydrogen) atoms. The van der Waals surface area contributed by atoms with Crippen molar-refractivity contribution in [1.82, 2.24) is 5.32 Å². The highest BCUT2D eigenvalue weighted by atomic mass is 19.1. The highest BCUT2D eigenvalue weighted by molar-refractivity contribution is 5.95. The van der Waals surface area contributed by atoms with Crippen molar-refractivity contribution in [1.29, 1.82) is 0 Å². The van der Waals surface area contributed by atoms with Crippen LogP contribution < -0.4 is 15.8 Å². The molecule has 1 aromatic rings. The number of hydrogen-bond donors (Lipinski definition) is 3. The lowest BCUT2D eigenvalue weighted by molar-refractivity contribution is 0.0940. The van der Waals surface area contributed by atoms with Crippen LogP contribution in [-0.2, 0) is 0 Å². The van der Waals surface area contributed by atoms with Crippen LogP contribution in [0.4, 0.5) is 4.39 Å². The molecule has 7 heteroatoms. The molecule has 0 aromatic heterocycles. The number of amides is 1. The van der Waals surface area contributed by atoms with Crippen molar-refractivity contribution in [3.63, 3.8) is 0 Å². The number of amidine groups is 1. The summed E-state index contributed by atoms with van der Waals surface area (Å²) in [7, 11) is 1.41. The van der Waals surface area contributed by atoms with E-state index in [0.29, 0.717) is 5.75 Å². The number of oxime groups is 1. The summed E-state index contributed by atoms with van der Waals surface area (Å²) in [4.78, 5) is 11.9. The third-order valence-electron chi connectivity index (χ3n) is 2.91. The first kappa shape index (κ1) is 15.7. The summed E-state index contributed by atoms with van der Waals surface area (Å²) in [6, 6.07) is 3.95. The fourth-order valence-corrected chi connectivity index (χ4v) is 1.43. The zero-order chi connectivity index (χ0) is 15.3. The fraction of sp³-hybridized carbons (Fsp3) is 0.385. The van der Waals surface area contributed by atoms with E-state index in [9.17, 15) is 9.18 Å². The average molecular weight is 283 g/mol. The predicted molar refractivity (Wildman–Crippen MR) is 72.5 cm³/mol. The van der Waals surface area contributed by atoms with Gasteiger partial charge in [-0.1, -0.05) is 19.0 Å². The average Bonchev–Trinajstić information content (AvgIpc) is 2.43. The van der Waals surface area contributed by atoms with Crippen LogP contribution in [0, 0.1) is 11.2 Å². The molecule has 0 heterocycles. The van der Waals surface area contributed by atoms with Crippen molar-refractivity contribution in [3.8, 4) is 5.75 Å². The first-order valence-electron chi connectivity index (χ1n) is 5.91. The first-order chi connectivity index (χ1) is 9.31. The van der Waals surface area contributed by atoms with Gasteiger partial charge in [0.25, 0.3) is 5.91 Å². The Labute approximate surface area is 116 Å². The summed E-state index contributed by atoms with van der Waals surface area (Å²) >= 11 is 0. The minimum absolute atomic E-state index is 0.0204. The zero-order valence-corrected chi connectivity index (χ0v) is 11.6. The number of nitrogens with one attached hydrogen (secondary N) is 1. The summed E-state index contributed by atoms with van der Waals surface area (Å²) in [5.41, 5.74) is 4.66. The lowest BCUT2D eigenvalue weighted by Gasteiger charge is -2.23. The number of halogens is 1. The molecule has 1 rings (SSSR count). The van der Waals surface area contributed by atoms with E-state index in [1.54, 1.807) is 13.8 Å². The van der Waals surface area contributed by atoms with Crippen molar-refractivity contribution in [3.05, 3.63) is 29.6 Å². The van der Waals surface area contributed by atoms with E-state index >= 15 is 0 Å². The van der Waals surface area contributed by atoms with Crippen molar-refractivity contribution >= 4 is 11.7 Å². The lowest BCUT2D eigenvalue weighted by Crippen LogP contribution is -2.42. The third kappa shape index (κ3) is 3.59. The molecule has 0 atom stereocenters. The second-order valence-electron chi connectivity index (χ2n) is 4.90. The number of benzene rings is 1. The molecule has 0 aliphatic rings. The van der Waals surface area contributed by atoms with Crippen molar-refractivity contribution in [2.75, 3.05) is 13.7 Å². The molecular formula is C13H18FN3O3. The van der Waals surface area contributed by atoms with Crippen LogP contribution in [0.2, 0.25) is 0 Å². The van der Waals surface area contributed by atoms with Crippen LogP contribution >= 0.6 is 0 Å². The number of carbonyl (C=O) groups excluding carboxylic acids is 1. The van der Waals surface area contributed by atoms with Gasteiger partial charge in [0.2, 0.25) is 0 Å². The van der Waals surface area contributed by atoms with Gasteiger partial charge in [0.05, 0.1) is 12.7 Å². The van der Waals surface area contributed by atoms with Gasteiger partial charge in [0.15, 0.2) is 0 Å². The Morgan fingerprint density at radius 2 is 2.20 bits per heavy atom. The summed E-state index contributed by atoms with van der Waals surface area (Å²) in [6.45, 7) is 3.48.